The van der Waals surface area contributed by atoms with E-state index in [0.717, 1.165) is 26.1 Å². The second-order valence-corrected chi connectivity index (χ2v) is 5.59. The van der Waals surface area contributed by atoms with Gasteiger partial charge in [0.2, 0.25) is 5.82 Å². The molecule has 118 valence electrons. The van der Waals surface area contributed by atoms with E-state index in [1.807, 2.05) is 18.9 Å². The number of rotatable bonds is 5. The molecular formula is C13H24N6O2. The fraction of sp³-hybridized carbons (Fsp3) is 0.769. The summed E-state index contributed by atoms with van der Waals surface area (Å²) < 4.78 is 1.64. The molecule has 1 unspecified atom stereocenters. The SMILES string of the molecule is CCCc1nn(C)c(N2CCN(C)CC2CN)c1[N+](=O)[O-]. The Kier molecular flexibility index (Phi) is 4.79. The third-order valence-corrected chi connectivity index (χ3v) is 3.96. The van der Waals surface area contributed by atoms with Crippen molar-refractivity contribution in [2.45, 2.75) is 25.8 Å². The second-order valence-electron chi connectivity index (χ2n) is 5.59. The highest BCUT2D eigenvalue weighted by molar-refractivity contribution is 5.62. The number of aryl methyl sites for hydroxylation is 2. The van der Waals surface area contributed by atoms with Gasteiger partial charge in [0.25, 0.3) is 0 Å². The highest BCUT2D eigenvalue weighted by Crippen LogP contribution is 2.34. The number of anilines is 1. The topological polar surface area (TPSA) is 93.5 Å². The van der Waals surface area contributed by atoms with Crippen molar-refractivity contribution in [1.82, 2.24) is 14.7 Å². The van der Waals surface area contributed by atoms with Gasteiger partial charge in [-0.2, -0.15) is 5.10 Å². The Morgan fingerprint density at radius 1 is 1.43 bits per heavy atom. The Hall–Kier alpha value is -1.67. The first-order valence-corrected chi connectivity index (χ1v) is 7.35. The van der Waals surface area contributed by atoms with E-state index in [2.05, 4.69) is 10.00 Å². The van der Waals surface area contributed by atoms with E-state index in [0.29, 0.717) is 24.5 Å². The molecule has 1 aromatic heterocycles. The van der Waals surface area contributed by atoms with Gasteiger partial charge in [-0.3, -0.25) is 10.1 Å². The smallest absolute Gasteiger partial charge is 0.334 e. The summed E-state index contributed by atoms with van der Waals surface area (Å²) in [6.07, 6.45) is 1.45. The van der Waals surface area contributed by atoms with Crippen LogP contribution in [0.2, 0.25) is 0 Å². The van der Waals surface area contributed by atoms with Crippen LogP contribution >= 0.6 is 0 Å². The number of nitro groups is 1. The number of nitrogens with two attached hydrogens (primary N) is 1. The molecule has 8 nitrogen and oxygen atoms in total. The second kappa shape index (κ2) is 6.40. The standard InChI is InChI=1S/C13H24N6O2/c1-4-5-11-12(19(20)21)13(17(3)15-11)18-7-6-16(2)9-10(18)8-14/h10H,4-9,14H2,1-3H3. The van der Waals surface area contributed by atoms with Crippen molar-refractivity contribution < 1.29 is 4.92 Å². The predicted octanol–water partition coefficient (Wildman–Crippen LogP) is 0.360. The lowest BCUT2D eigenvalue weighted by atomic mass is 10.1. The Morgan fingerprint density at radius 2 is 2.14 bits per heavy atom. The number of aromatic nitrogens is 2. The molecule has 0 radical (unpaired) electrons. The Bertz CT molecular complexity index is 515. The lowest BCUT2D eigenvalue weighted by Gasteiger charge is -2.40. The van der Waals surface area contributed by atoms with Crippen LogP contribution in [0.5, 0.6) is 0 Å². The zero-order valence-corrected chi connectivity index (χ0v) is 12.9. The molecule has 2 rings (SSSR count). The van der Waals surface area contributed by atoms with Gasteiger partial charge in [-0.1, -0.05) is 13.3 Å². The van der Waals surface area contributed by atoms with Crippen molar-refractivity contribution in [3.8, 4) is 0 Å². The molecule has 1 aliphatic rings. The quantitative estimate of drug-likeness (QED) is 0.623. The maximum absolute atomic E-state index is 11.5. The van der Waals surface area contributed by atoms with E-state index in [1.165, 1.54) is 0 Å². The summed E-state index contributed by atoms with van der Waals surface area (Å²) in [5.74, 6) is 0.590. The Labute approximate surface area is 124 Å². The number of hydrogen-bond donors (Lipinski definition) is 1. The van der Waals surface area contributed by atoms with Gasteiger partial charge in [0.1, 0.15) is 5.69 Å². The van der Waals surface area contributed by atoms with Gasteiger partial charge in [0, 0.05) is 33.2 Å². The van der Waals surface area contributed by atoms with Crippen LogP contribution in [-0.2, 0) is 13.5 Å². The summed E-state index contributed by atoms with van der Waals surface area (Å²) in [5.41, 5.74) is 6.57. The van der Waals surface area contributed by atoms with Crippen LogP contribution in [0.25, 0.3) is 0 Å². The zero-order valence-electron chi connectivity index (χ0n) is 12.9. The monoisotopic (exact) mass is 296 g/mol. The molecule has 2 N–H and O–H groups in total. The van der Waals surface area contributed by atoms with Crippen LogP contribution in [0.1, 0.15) is 19.0 Å². The van der Waals surface area contributed by atoms with Crippen LogP contribution in [0.3, 0.4) is 0 Å². The van der Waals surface area contributed by atoms with E-state index in [1.54, 1.807) is 11.7 Å². The molecule has 0 saturated carbocycles. The average Bonchev–Trinajstić information content (AvgIpc) is 2.75. The molecule has 1 fully saturated rings. The van der Waals surface area contributed by atoms with Crippen molar-refractivity contribution in [3.05, 3.63) is 15.8 Å². The van der Waals surface area contributed by atoms with Crippen molar-refractivity contribution in [3.63, 3.8) is 0 Å². The van der Waals surface area contributed by atoms with Crippen LogP contribution in [0, 0.1) is 10.1 Å². The minimum atomic E-state index is -0.306. The largest absolute Gasteiger partial charge is 0.344 e. The van der Waals surface area contributed by atoms with Crippen molar-refractivity contribution in [2.75, 3.05) is 38.1 Å². The van der Waals surface area contributed by atoms with E-state index in [-0.39, 0.29) is 16.7 Å². The van der Waals surface area contributed by atoms with Gasteiger partial charge in [0.05, 0.1) is 11.0 Å². The van der Waals surface area contributed by atoms with Gasteiger partial charge >= 0.3 is 5.69 Å². The van der Waals surface area contributed by atoms with E-state index >= 15 is 0 Å². The highest BCUT2D eigenvalue weighted by Gasteiger charge is 2.35. The van der Waals surface area contributed by atoms with Crippen LogP contribution in [-0.4, -0.2) is 58.9 Å². The summed E-state index contributed by atoms with van der Waals surface area (Å²) in [7, 11) is 3.81. The summed E-state index contributed by atoms with van der Waals surface area (Å²) >= 11 is 0. The maximum atomic E-state index is 11.5. The summed E-state index contributed by atoms with van der Waals surface area (Å²) in [6.45, 7) is 4.86. The molecule has 0 spiro atoms. The first-order chi connectivity index (χ1) is 9.99. The first kappa shape index (κ1) is 15.7. The van der Waals surface area contributed by atoms with Gasteiger partial charge in [-0.05, 0) is 13.5 Å². The summed E-state index contributed by atoms with van der Waals surface area (Å²) in [4.78, 5) is 15.5. The lowest BCUT2D eigenvalue weighted by molar-refractivity contribution is -0.384. The van der Waals surface area contributed by atoms with Gasteiger partial charge in [0.15, 0.2) is 0 Å². The van der Waals surface area contributed by atoms with Crippen LogP contribution < -0.4 is 10.6 Å². The van der Waals surface area contributed by atoms with Crippen molar-refractivity contribution >= 4 is 11.5 Å². The molecular weight excluding hydrogens is 272 g/mol. The van der Waals surface area contributed by atoms with Crippen LogP contribution in [0.4, 0.5) is 11.5 Å². The first-order valence-electron chi connectivity index (χ1n) is 7.35. The normalized spacial score (nSPS) is 20.0. The van der Waals surface area contributed by atoms with Crippen LogP contribution in [0.15, 0.2) is 0 Å². The maximum Gasteiger partial charge on any atom is 0.334 e. The van der Waals surface area contributed by atoms with E-state index in [4.69, 9.17) is 5.73 Å². The molecule has 0 amide bonds. The Morgan fingerprint density at radius 3 is 2.71 bits per heavy atom. The minimum Gasteiger partial charge on any atom is -0.344 e. The fourth-order valence-electron chi connectivity index (χ4n) is 2.96. The molecule has 1 saturated heterocycles. The molecule has 0 aliphatic carbocycles. The molecule has 0 aromatic carbocycles. The average molecular weight is 296 g/mol. The summed E-state index contributed by atoms with van der Waals surface area (Å²) in [6, 6.07) is 0.0762. The summed E-state index contributed by atoms with van der Waals surface area (Å²) in [5, 5.41) is 15.9. The lowest BCUT2D eigenvalue weighted by Crippen LogP contribution is -2.55. The molecule has 21 heavy (non-hydrogen) atoms. The van der Waals surface area contributed by atoms with E-state index < -0.39 is 0 Å². The van der Waals surface area contributed by atoms with Gasteiger partial charge in [-0.25, -0.2) is 4.68 Å². The third kappa shape index (κ3) is 3.01. The van der Waals surface area contributed by atoms with E-state index in [9.17, 15) is 10.1 Å². The molecule has 1 aromatic rings. The van der Waals surface area contributed by atoms with Gasteiger partial charge < -0.3 is 15.5 Å². The number of piperazine rings is 1. The number of hydrogen-bond acceptors (Lipinski definition) is 6. The number of likely N-dealkylation sites (N-methyl/N-ethyl adjacent to an activating group) is 1. The predicted molar refractivity (Wildman–Crippen MR) is 81.5 cm³/mol. The molecule has 8 heteroatoms. The number of nitrogens with zero attached hydrogens (tertiary/aromatic N) is 5. The highest BCUT2D eigenvalue weighted by atomic mass is 16.6. The molecule has 0 bridgehead atoms. The van der Waals surface area contributed by atoms with Crippen molar-refractivity contribution in [2.24, 2.45) is 12.8 Å². The fourth-order valence-corrected chi connectivity index (χ4v) is 2.96. The minimum absolute atomic E-state index is 0.0762. The molecule has 1 atom stereocenters. The molecule has 1 aliphatic heterocycles. The van der Waals surface area contributed by atoms with Gasteiger partial charge in [-0.15, -0.1) is 0 Å². The molecule has 2 heterocycles. The van der Waals surface area contributed by atoms with Crippen molar-refractivity contribution in [1.29, 1.82) is 0 Å². The zero-order chi connectivity index (χ0) is 15.6. The Balaban J connectivity index is 2.44. The third-order valence-electron chi connectivity index (χ3n) is 3.96.